The van der Waals surface area contributed by atoms with E-state index in [-0.39, 0.29) is 0 Å². The van der Waals surface area contributed by atoms with E-state index in [1.54, 1.807) is 13.2 Å². The number of nitrogen functional groups attached to an aromatic ring is 1. The lowest BCUT2D eigenvalue weighted by atomic mass is 10.1. The van der Waals surface area contributed by atoms with Gasteiger partial charge in [0.25, 0.3) is 0 Å². The van der Waals surface area contributed by atoms with Crippen LogP contribution in [0.2, 0.25) is 5.02 Å². The van der Waals surface area contributed by atoms with Gasteiger partial charge < -0.3 is 15.2 Å². The fourth-order valence-electron chi connectivity index (χ4n) is 1.95. The van der Waals surface area contributed by atoms with Gasteiger partial charge in [-0.2, -0.15) is 0 Å². The van der Waals surface area contributed by atoms with Gasteiger partial charge in [0.15, 0.2) is 0 Å². The molecule has 0 unspecified atom stereocenters. The number of benzene rings is 2. The average molecular weight is 292 g/mol. The SMILES string of the molecule is CCc1cc(OCc2ccc(N)cc2OC)ccc1Cl. The highest BCUT2D eigenvalue weighted by Gasteiger charge is 2.06. The van der Waals surface area contributed by atoms with E-state index in [9.17, 15) is 0 Å². The van der Waals surface area contributed by atoms with Gasteiger partial charge in [-0.1, -0.05) is 18.5 Å². The Morgan fingerprint density at radius 1 is 1.10 bits per heavy atom. The summed E-state index contributed by atoms with van der Waals surface area (Å²) in [5.74, 6) is 1.53. The van der Waals surface area contributed by atoms with Crippen molar-refractivity contribution in [2.45, 2.75) is 20.0 Å². The second-order valence-electron chi connectivity index (χ2n) is 4.47. The zero-order chi connectivity index (χ0) is 14.5. The molecule has 2 aromatic rings. The number of ether oxygens (including phenoxy) is 2. The smallest absolute Gasteiger partial charge is 0.127 e. The number of rotatable bonds is 5. The topological polar surface area (TPSA) is 44.5 Å². The number of anilines is 1. The van der Waals surface area contributed by atoms with Crippen LogP contribution in [0.1, 0.15) is 18.1 Å². The summed E-state index contributed by atoms with van der Waals surface area (Å²) in [5, 5.41) is 0.768. The van der Waals surface area contributed by atoms with Crippen LogP contribution >= 0.6 is 11.6 Å². The molecule has 0 spiro atoms. The highest BCUT2D eigenvalue weighted by Crippen LogP contribution is 2.26. The molecule has 0 aliphatic rings. The van der Waals surface area contributed by atoms with Gasteiger partial charge in [0.05, 0.1) is 7.11 Å². The molecule has 0 aromatic heterocycles. The Labute approximate surface area is 124 Å². The molecule has 2 aromatic carbocycles. The summed E-state index contributed by atoms with van der Waals surface area (Å²) in [6, 6.07) is 11.2. The molecule has 0 saturated heterocycles. The second kappa shape index (κ2) is 6.53. The third kappa shape index (κ3) is 3.36. The van der Waals surface area contributed by atoms with Crippen molar-refractivity contribution in [3.05, 3.63) is 52.5 Å². The van der Waals surface area contributed by atoms with E-state index < -0.39 is 0 Å². The first-order chi connectivity index (χ1) is 9.63. The standard InChI is InChI=1S/C16H18ClNO2/c1-3-11-8-14(6-7-15(11)17)20-10-12-4-5-13(18)9-16(12)19-2/h4-9H,3,10,18H2,1-2H3. The molecule has 4 heteroatoms. The van der Waals surface area contributed by atoms with E-state index in [1.165, 1.54) is 0 Å². The minimum atomic E-state index is 0.425. The van der Waals surface area contributed by atoms with Crippen molar-refractivity contribution in [2.24, 2.45) is 0 Å². The highest BCUT2D eigenvalue weighted by molar-refractivity contribution is 6.31. The summed E-state index contributed by atoms with van der Waals surface area (Å²) in [6.07, 6.45) is 0.876. The van der Waals surface area contributed by atoms with E-state index in [0.29, 0.717) is 12.3 Å². The average Bonchev–Trinajstić information content (AvgIpc) is 2.47. The van der Waals surface area contributed by atoms with Crippen LogP contribution in [0.25, 0.3) is 0 Å². The molecule has 3 nitrogen and oxygen atoms in total. The van der Waals surface area contributed by atoms with Crippen LogP contribution in [-0.4, -0.2) is 7.11 Å². The van der Waals surface area contributed by atoms with E-state index in [1.807, 2.05) is 30.3 Å². The quantitative estimate of drug-likeness (QED) is 0.845. The third-order valence-electron chi connectivity index (χ3n) is 3.10. The molecule has 0 aliphatic heterocycles. The normalized spacial score (nSPS) is 10.3. The van der Waals surface area contributed by atoms with Gasteiger partial charge in [-0.3, -0.25) is 0 Å². The minimum absolute atomic E-state index is 0.425. The van der Waals surface area contributed by atoms with Crippen molar-refractivity contribution in [1.82, 2.24) is 0 Å². The molecule has 0 amide bonds. The fraction of sp³-hybridized carbons (Fsp3) is 0.250. The molecule has 2 rings (SSSR count). The van der Waals surface area contributed by atoms with Gasteiger partial charge in [-0.05, 0) is 42.3 Å². The maximum atomic E-state index is 6.09. The summed E-state index contributed by atoms with van der Waals surface area (Å²) >= 11 is 6.09. The predicted molar refractivity (Wildman–Crippen MR) is 82.6 cm³/mol. The van der Waals surface area contributed by atoms with E-state index in [4.69, 9.17) is 26.8 Å². The lowest BCUT2D eigenvalue weighted by molar-refractivity contribution is 0.296. The summed E-state index contributed by atoms with van der Waals surface area (Å²) in [5.41, 5.74) is 8.43. The van der Waals surface area contributed by atoms with Gasteiger partial charge in [-0.25, -0.2) is 0 Å². The van der Waals surface area contributed by atoms with Crippen LogP contribution in [0.5, 0.6) is 11.5 Å². The summed E-state index contributed by atoms with van der Waals surface area (Å²) in [4.78, 5) is 0. The lowest BCUT2D eigenvalue weighted by Gasteiger charge is -2.12. The van der Waals surface area contributed by atoms with Crippen LogP contribution in [0.15, 0.2) is 36.4 Å². The number of hydrogen-bond acceptors (Lipinski definition) is 3. The van der Waals surface area contributed by atoms with Crippen LogP contribution in [0, 0.1) is 0 Å². The van der Waals surface area contributed by atoms with Crippen molar-refractivity contribution >= 4 is 17.3 Å². The molecule has 0 saturated carbocycles. The Kier molecular flexibility index (Phi) is 4.74. The maximum Gasteiger partial charge on any atom is 0.127 e. The molecule has 0 heterocycles. The molecular formula is C16H18ClNO2. The molecule has 0 atom stereocenters. The Bertz CT molecular complexity index is 599. The first kappa shape index (κ1) is 14.5. The van der Waals surface area contributed by atoms with Crippen molar-refractivity contribution in [2.75, 3.05) is 12.8 Å². The molecule has 2 N–H and O–H groups in total. The van der Waals surface area contributed by atoms with Crippen molar-refractivity contribution in [3.63, 3.8) is 0 Å². The molecule has 20 heavy (non-hydrogen) atoms. The van der Waals surface area contributed by atoms with Crippen LogP contribution in [0.3, 0.4) is 0 Å². The summed E-state index contributed by atoms with van der Waals surface area (Å²) in [7, 11) is 1.62. The molecule has 0 bridgehead atoms. The fourth-order valence-corrected chi connectivity index (χ4v) is 2.20. The van der Waals surface area contributed by atoms with Crippen molar-refractivity contribution in [1.29, 1.82) is 0 Å². The Morgan fingerprint density at radius 3 is 2.60 bits per heavy atom. The largest absolute Gasteiger partial charge is 0.496 e. The predicted octanol–water partition coefficient (Wildman–Crippen LogP) is 4.07. The molecule has 0 aliphatic carbocycles. The third-order valence-corrected chi connectivity index (χ3v) is 3.47. The molecule has 106 valence electrons. The number of nitrogens with two attached hydrogens (primary N) is 1. The number of halogens is 1. The van der Waals surface area contributed by atoms with E-state index >= 15 is 0 Å². The lowest BCUT2D eigenvalue weighted by Crippen LogP contribution is -2.00. The van der Waals surface area contributed by atoms with E-state index in [0.717, 1.165) is 34.1 Å². The van der Waals surface area contributed by atoms with Crippen LogP contribution in [-0.2, 0) is 13.0 Å². The molecular weight excluding hydrogens is 274 g/mol. The Balaban J connectivity index is 2.12. The maximum absolute atomic E-state index is 6.09. The molecule has 0 fully saturated rings. The highest BCUT2D eigenvalue weighted by atomic mass is 35.5. The van der Waals surface area contributed by atoms with Gasteiger partial charge in [0, 0.05) is 22.3 Å². The van der Waals surface area contributed by atoms with Crippen molar-refractivity contribution < 1.29 is 9.47 Å². The van der Waals surface area contributed by atoms with Crippen LogP contribution in [0.4, 0.5) is 5.69 Å². The zero-order valence-electron chi connectivity index (χ0n) is 11.7. The number of hydrogen-bond donors (Lipinski definition) is 1. The zero-order valence-corrected chi connectivity index (χ0v) is 12.4. The number of methoxy groups -OCH3 is 1. The van der Waals surface area contributed by atoms with Crippen molar-refractivity contribution in [3.8, 4) is 11.5 Å². The van der Waals surface area contributed by atoms with Gasteiger partial charge >= 0.3 is 0 Å². The van der Waals surface area contributed by atoms with E-state index in [2.05, 4.69) is 6.92 Å². The van der Waals surface area contributed by atoms with Gasteiger partial charge in [0.2, 0.25) is 0 Å². The minimum Gasteiger partial charge on any atom is -0.496 e. The number of aryl methyl sites for hydroxylation is 1. The Hall–Kier alpha value is -1.87. The second-order valence-corrected chi connectivity index (χ2v) is 4.87. The Morgan fingerprint density at radius 2 is 1.90 bits per heavy atom. The van der Waals surface area contributed by atoms with Gasteiger partial charge in [0.1, 0.15) is 18.1 Å². The van der Waals surface area contributed by atoms with Gasteiger partial charge in [-0.15, -0.1) is 0 Å². The van der Waals surface area contributed by atoms with Crippen LogP contribution < -0.4 is 15.2 Å². The summed E-state index contributed by atoms with van der Waals surface area (Å²) in [6.45, 7) is 2.49. The first-order valence-electron chi connectivity index (χ1n) is 6.47. The first-order valence-corrected chi connectivity index (χ1v) is 6.85. The summed E-state index contributed by atoms with van der Waals surface area (Å²) < 4.78 is 11.1. The monoisotopic (exact) mass is 291 g/mol. The molecule has 0 radical (unpaired) electrons.